The molecule has 0 saturated carbocycles. The summed E-state index contributed by atoms with van der Waals surface area (Å²) in [6, 6.07) is 7.36. The van der Waals surface area contributed by atoms with Gasteiger partial charge in [0.25, 0.3) is 0 Å². The Morgan fingerprint density at radius 2 is 1.51 bits per heavy atom. The Morgan fingerprint density at radius 1 is 0.902 bits per heavy atom. The molecular formula is C32H48ClN5O3. The van der Waals surface area contributed by atoms with E-state index >= 15 is 0 Å². The van der Waals surface area contributed by atoms with Crippen molar-refractivity contribution in [2.24, 2.45) is 0 Å². The topological polar surface area (TPSA) is 101 Å². The first-order chi connectivity index (χ1) is 19.7. The number of anilines is 1. The standard InChI is InChI=1S/C32H48ClN5O3/c1-5-6-7-8-9-10-11-12-13-14-15-18-23-41-27(40)22-21-26(39)34-25-20-17-16-19-24(25)30-35-31-28(33)29(32(2,3)4)36-38(31)37-30/h16-17,19-20H,5-15,18,21-23H2,1-4H3,(H,34,39)(H,35,37). The first-order valence-corrected chi connectivity index (χ1v) is 15.8. The third-order valence-electron chi connectivity index (χ3n) is 7.23. The lowest BCUT2D eigenvalue weighted by Gasteiger charge is -2.14. The number of aromatic nitrogens is 4. The predicted octanol–water partition coefficient (Wildman–Crippen LogP) is 8.64. The van der Waals surface area contributed by atoms with Gasteiger partial charge in [-0.15, -0.1) is 9.73 Å². The van der Waals surface area contributed by atoms with Gasteiger partial charge in [0.2, 0.25) is 5.91 Å². The lowest BCUT2D eigenvalue weighted by atomic mass is 9.92. The SMILES string of the molecule is CCCCCCCCCCCCCCOC(=O)CCC(=O)Nc1ccccc1-c1nn2nc(C(C)(C)C)c(Cl)c2[nH]1. The average molecular weight is 586 g/mol. The van der Waals surface area contributed by atoms with Gasteiger partial charge in [0.05, 0.1) is 24.4 Å². The Morgan fingerprint density at radius 3 is 2.12 bits per heavy atom. The van der Waals surface area contributed by atoms with Crippen molar-refractivity contribution in [3.8, 4) is 11.4 Å². The summed E-state index contributed by atoms with van der Waals surface area (Å²) in [5.41, 5.74) is 2.44. The van der Waals surface area contributed by atoms with Crippen LogP contribution < -0.4 is 5.32 Å². The predicted molar refractivity (Wildman–Crippen MR) is 166 cm³/mol. The number of aromatic amines is 1. The van der Waals surface area contributed by atoms with Gasteiger partial charge >= 0.3 is 5.97 Å². The Kier molecular flexibility index (Phi) is 13.2. The molecule has 1 amide bonds. The number of esters is 1. The number of hydrogen-bond acceptors (Lipinski definition) is 5. The van der Waals surface area contributed by atoms with Gasteiger partial charge in [0.15, 0.2) is 11.5 Å². The number of para-hydroxylation sites is 1. The van der Waals surface area contributed by atoms with Gasteiger partial charge in [0.1, 0.15) is 5.02 Å². The van der Waals surface area contributed by atoms with E-state index in [-0.39, 0.29) is 30.1 Å². The molecule has 0 aliphatic rings. The Labute approximate surface area is 250 Å². The van der Waals surface area contributed by atoms with Crippen LogP contribution in [-0.4, -0.2) is 38.3 Å². The molecule has 0 spiro atoms. The summed E-state index contributed by atoms with van der Waals surface area (Å²) in [5.74, 6) is -0.0650. The summed E-state index contributed by atoms with van der Waals surface area (Å²) in [4.78, 5) is 28.0. The average Bonchev–Trinajstić information content (AvgIpc) is 3.49. The van der Waals surface area contributed by atoms with Gasteiger partial charge in [-0.25, -0.2) is 0 Å². The maximum Gasteiger partial charge on any atom is 0.306 e. The van der Waals surface area contributed by atoms with Crippen molar-refractivity contribution in [1.82, 2.24) is 19.8 Å². The van der Waals surface area contributed by atoms with Gasteiger partial charge in [-0.1, -0.05) is 122 Å². The second-order valence-corrected chi connectivity index (χ2v) is 12.3. The number of nitrogens with one attached hydrogen (secondary N) is 2. The van der Waals surface area contributed by atoms with E-state index in [2.05, 4.69) is 27.4 Å². The monoisotopic (exact) mass is 585 g/mol. The van der Waals surface area contributed by atoms with E-state index in [4.69, 9.17) is 16.3 Å². The van der Waals surface area contributed by atoms with Crippen molar-refractivity contribution in [2.75, 3.05) is 11.9 Å². The van der Waals surface area contributed by atoms with Crippen LogP contribution in [-0.2, 0) is 19.7 Å². The number of benzene rings is 1. The van der Waals surface area contributed by atoms with Crippen LogP contribution in [0.15, 0.2) is 24.3 Å². The zero-order valence-electron chi connectivity index (χ0n) is 25.4. The molecule has 0 unspecified atom stereocenters. The summed E-state index contributed by atoms with van der Waals surface area (Å²) in [6.45, 7) is 8.80. The van der Waals surface area contributed by atoms with Crippen molar-refractivity contribution >= 4 is 34.8 Å². The van der Waals surface area contributed by atoms with Crippen molar-refractivity contribution in [3.63, 3.8) is 0 Å². The third-order valence-corrected chi connectivity index (χ3v) is 7.58. The van der Waals surface area contributed by atoms with E-state index in [1.54, 1.807) is 6.07 Å². The maximum atomic E-state index is 12.6. The van der Waals surface area contributed by atoms with E-state index in [0.29, 0.717) is 34.4 Å². The zero-order chi connectivity index (χ0) is 29.7. The van der Waals surface area contributed by atoms with Gasteiger partial charge in [-0.05, 0) is 18.6 Å². The zero-order valence-corrected chi connectivity index (χ0v) is 26.1. The third kappa shape index (κ3) is 10.5. The van der Waals surface area contributed by atoms with E-state index in [1.807, 2.05) is 39.0 Å². The Balaban J connectivity index is 1.34. The Hall–Kier alpha value is -2.87. The van der Waals surface area contributed by atoms with Crippen LogP contribution in [0, 0.1) is 0 Å². The molecular weight excluding hydrogens is 538 g/mol. The van der Waals surface area contributed by atoms with Gasteiger partial charge in [-0.2, -0.15) is 5.10 Å². The highest BCUT2D eigenvalue weighted by Crippen LogP contribution is 2.33. The fraction of sp³-hybridized carbons (Fsp3) is 0.625. The summed E-state index contributed by atoms with van der Waals surface area (Å²) in [5, 5.41) is 12.5. The van der Waals surface area contributed by atoms with Crippen LogP contribution in [0.1, 0.15) is 123 Å². The number of amides is 1. The lowest BCUT2D eigenvalue weighted by Crippen LogP contribution is -2.15. The summed E-state index contributed by atoms with van der Waals surface area (Å²) < 4.78 is 6.83. The number of fused-ring (bicyclic) bond motifs is 1. The van der Waals surface area contributed by atoms with Gasteiger partial charge < -0.3 is 15.0 Å². The van der Waals surface area contributed by atoms with Crippen molar-refractivity contribution < 1.29 is 14.3 Å². The van der Waals surface area contributed by atoms with Crippen LogP contribution in [0.4, 0.5) is 5.69 Å². The molecule has 0 radical (unpaired) electrons. The molecule has 3 aromatic rings. The number of halogens is 1. The number of carbonyl (C=O) groups excluding carboxylic acids is 2. The molecule has 0 aliphatic carbocycles. The van der Waals surface area contributed by atoms with Crippen molar-refractivity contribution in [1.29, 1.82) is 0 Å². The highest BCUT2D eigenvalue weighted by Gasteiger charge is 2.25. The fourth-order valence-electron chi connectivity index (χ4n) is 4.83. The van der Waals surface area contributed by atoms with Crippen LogP contribution in [0.3, 0.4) is 0 Å². The minimum atomic E-state index is -0.340. The van der Waals surface area contributed by atoms with Gasteiger partial charge in [-0.3, -0.25) is 9.59 Å². The smallest absolute Gasteiger partial charge is 0.306 e. The highest BCUT2D eigenvalue weighted by molar-refractivity contribution is 6.34. The molecule has 2 heterocycles. The van der Waals surface area contributed by atoms with Crippen LogP contribution in [0.25, 0.3) is 17.0 Å². The van der Waals surface area contributed by atoms with Crippen molar-refractivity contribution in [2.45, 2.75) is 123 Å². The number of rotatable bonds is 18. The number of nitrogens with zero attached hydrogens (tertiary/aromatic N) is 3. The summed E-state index contributed by atoms with van der Waals surface area (Å²) in [7, 11) is 0. The minimum absolute atomic E-state index is 0.0476. The van der Waals surface area contributed by atoms with Crippen LogP contribution in [0.5, 0.6) is 0 Å². The molecule has 41 heavy (non-hydrogen) atoms. The second-order valence-electron chi connectivity index (χ2n) is 11.9. The molecule has 8 nitrogen and oxygen atoms in total. The second kappa shape index (κ2) is 16.5. The molecule has 226 valence electrons. The lowest BCUT2D eigenvalue weighted by molar-refractivity contribution is -0.144. The van der Waals surface area contributed by atoms with E-state index in [9.17, 15) is 9.59 Å². The largest absolute Gasteiger partial charge is 0.466 e. The highest BCUT2D eigenvalue weighted by atomic mass is 35.5. The number of hydrogen-bond donors (Lipinski definition) is 2. The number of unbranched alkanes of at least 4 members (excludes halogenated alkanes) is 11. The molecule has 9 heteroatoms. The fourth-order valence-corrected chi connectivity index (χ4v) is 5.27. The molecule has 1 aromatic carbocycles. The first kappa shape index (κ1) is 32.6. The first-order valence-electron chi connectivity index (χ1n) is 15.4. The van der Waals surface area contributed by atoms with Crippen molar-refractivity contribution in [3.05, 3.63) is 35.0 Å². The molecule has 2 aromatic heterocycles. The molecule has 0 saturated heterocycles. The quantitative estimate of drug-likeness (QED) is 0.115. The molecule has 0 fully saturated rings. The van der Waals surface area contributed by atoms with Gasteiger partial charge in [0, 0.05) is 17.4 Å². The molecule has 0 atom stereocenters. The maximum absolute atomic E-state index is 12.6. The summed E-state index contributed by atoms with van der Waals surface area (Å²) >= 11 is 6.57. The van der Waals surface area contributed by atoms with E-state index in [0.717, 1.165) is 18.5 Å². The van der Waals surface area contributed by atoms with Crippen LogP contribution >= 0.6 is 11.6 Å². The number of H-pyrrole nitrogens is 1. The molecule has 0 aliphatic heterocycles. The van der Waals surface area contributed by atoms with E-state index in [1.165, 1.54) is 68.8 Å². The normalized spacial score (nSPS) is 11.7. The Bertz CT molecular complexity index is 1240. The summed E-state index contributed by atoms with van der Waals surface area (Å²) in [6.07, 6.45) is 15.2. The molecule has 2 N–H and O–H groups in total. The number of carbonyl (C=O) groups is 2. The number of ether oxygens (including phenoxy) is 1. The van der Waals surface area contributed by atoms with Crippen LogP contribution in [0.2, 0.25) is 5.02 Å². The molecule has 3 rings (SSSR count). The minimum Gasteiger partial charge on any atom is -0.466 e. The molecule has 0 bridgehead atoms. The van der Waals surface area contributed by atoms with E-state index < -0.39 is 0 Å².